The summed E-state index contributed by atoms with van der Waals surface area (Å²) in [5, 5.41) is 3.05. The van der Waals surface area contributed by atoms with E-state index in [1.807, 2.05) is 118 Å². The molecule has 1 aliphatic heterocycles. The second-order valence-corrected chi connectivity index (χ2v) is 10.6. The first-order valence-electron chi connectivity index (χ1n) is 12.7. The van der Waals surface area contributed by atoms with Crippen LogP contribution >= 0.6 is 0 Å². The maximum atomic E-state index is 13.8. The topological polar surface area (TPSA) is 67.9 Å². The number of amides is 2. The Morgan fingerprint density at radius 1 is 0.946 bits per heavy atom. The summed E-state index contributed by atoms with van der Waals surface area (Å²) >= 11 is 0. The lowest BCUT2D eigenvalue weighted by Crippen LogP contribution is -2.65. The number of alkyl carbamates (subject to hydrolysis) is 1. The number of β-lactam (4-membered cyclic amide) rings is 1. The van der Waals surface area contributed by atoms with Gasteiger partial charge in [0.15, 0.2) is 0 Å². The third-order valence-corrected chi connectivity index (χ3v) is 7.11. The molecule has 0 aromatic heterocycles. The summed E-state index contributed by atoms with van der Waals surface area (Å²) in [6.45, 7) is 8.34. The van der Waals surface area contributed by atoms with Gasteiger partial charge in [0.25, 0.3) is 0 Å². The van der Waals surface area contributed by atoms with Crippen molar-refractivity contribution in [3.63, 3.8) is 0 Å². The van der Waals surface area contributed by atoms with E-state index in [2.05, 4.69) is 5.32 Å². The van der Waals surface area contributed by atoms with Gasteiger partial charge in [-0.15, -0.1) is 0 Å². The minimum absolute atomic E-state index is 0.0143. The van der Waals surface area contributed by atoms with Gasteiger partial charge in [-0.2, -0.15) is 0 Å². The van der Waals surface area contributed by atoms with E-state index in [1.54, 1.807) is 7.11 Å². The van der Waals surface area contributed by atoms with Gasteiger partial charge in [0.2, 0.25) is 5.91 Å². The molecule has 4 atom stereocenters. The number of benzene rings is 3. The zero-order valence-electron chi connectivity index (χ0n) is 22.2. The fourth-order valence-electron chi connectivity index (χ4n) is 5.09. The summed E-state index contributed by atoms with van der Waals surface area (Å²) in [6.07, 6.45) is -0.523. The summed E-state index contributed by atoms with van der Waals surface area (Å²) in [7, 11) is 1.64. The highest BCUT2D eigenvalue weighted by Crippen LogP contribution is 2.49. The van der Waals surface area contributed by atoms with Crippen LogP contribution in [0.2, 0.25) is 0 Å². The Balaban J connectivity index is 1.59. The van der Waals surface area contributed by atoms with E-state index >= 15 is 0 Å². The summed E-state index contributed by atoms with van der Waals surface area (Å²) in [5.74, 6) is 0.363. The van der Waals surface area contributed by atoms with Crippen molar-refractivity contribution in [2.75, 3.05) is 7.11 Å². The van der Waals surface area contributed by atoms with Crippen LogP contribution in [-0.4, -0.2) is 30.1 Å². The lowest BCUT2D eigenvalue weighted by atomic mass is 9.68. The van der Waals surface area contributed by atoms with E-state index in [9.17, 15) is 9.59 Å². The van der Waals surface area contributed by atoms with Crippen molar-refractivity contribution < 1.29 is 19.1 Å². The summed E-state index contributed by atoms with van der Waals surface area (Å²) in [6, 6.07) is 26.6. The molecule has 3 aromatic rings. The average Bonchev–Trinajstić information content (AvgIpc) is 2.90. The minimum atomic E-state index is -0.523. The van der Waals surface area contributed by atoms with Gasteiger partial charge in [-0.05, 0) is 41.2 Å². The van der Waals surface area contributed by atoms with E-state index < -0.39 is 18.1 Å². The Labute approximate surface area is 219 Å². The summed E-state index contributed by atoms with van der Waals surface area (Å²) in [5.41, 5.74) is 2.60. The largest absolute Gasteiger partial charge is 0.497 e. The average molecular weight is 501 g/mol. The van der Waals surface area contributed by atoms with Crippen LogP contribution in [0.15, 0.2) is 84.9 Å². The first-order chi connectivity index (χ1) is 17.7. The van der Waals surface area contributed by atoms with Gasteiger partial charge in [-0.1, -0.05) is 93.6 Å². The van der Waals surface area contributed by atoms with Crippen LogP contribution < -0.4 is 10.1 Å². The van der Waals surface area contributed by atoms with Crippen molar-refractivity contribution in [1.82, 2.24) is 10.2 Å². The number of carbonyl (C=O) groups excluding carboxylic acids is 2. The molecule has 6 heteroatoms. The lowest BCUT2D eigenvalue weighted by molar-refractivity contribution is -0.166. The van der Waals surface area contributed by atoms with Gasteiger partial charge in [-0.25, -0.2) is 4.79 Å². The van der Waals surface area contributed by atoms with Gasteiger partial charge in [-0.3, -0.25) is 4.79 Å². The van der Waals surface area contributed by atoms with Crippen LogP contribution in [0.4, 0.5) is 4.79 Å². The number of likely N-dealkylation sites (tertiary alicyclic amines) is 1. The number of rotatable bonds is 8. The molecule has 0 aliphatic carbocycles. The van der Waals surface area contributed by atoms with Crippen LogP contribution in [0.3, 0.4) is 0 Å². The summed E-state index contributed by atoms with van der Waals surface area (Å²) in [4.78, 5) is 28.7. The molecule has 1 N–H and O–H groups in total. The molecule has 3 aromatic carbocycles. The first-order valence-corrected chi connectivity index (χ1v) is 12.7. The standard InChI is InChI=1S/C31H36N2O4/c1-21(23-16-18-25(36-5)19-17-23)33-27(24-14-10-7-11-15-24)26(29(33)34)28(31(2,3)4)32-30(35)37-20-22-12-8-6-9-13-22/h6-19,21,26-28H,20H2,1-5H3,(H,32,35)/t21-,26-,27+,28+/m0/s1. The highest BCUT2D eigenvalue weighted by molar-refractivity contribution is 5.88. The number of hydrogen-bond acceptors (Lipinski definition) is 4. The van der Waals surface area contributed by atoms with Gasteiger partial charge in [0.1, 0.15) is 12.4 Å². The first kappa shape index (κ1) is 26.3. The van der Waals surface area contributed by atoms with Crippen molar-refractivity contribution in [3.05, 3.63) is 102 Å². The fraction of sp³-hybridized carbons (Fsp3) is 0.355. The van der Waals surface area contributed by atoms with E-state index in [0.717, 1.165) is 22.4 Å². The maximum absolute atomic E-state index is 13.8. The molecule has 194 valence electrons. The van der Waals surface area contributed by atoms with E-state index in [0.29, 0.717) is 0 Å². The Bertz CT molecular complexity index is 1190. The smallest absolute Gasteiger partial charge is 0.407 e. The molecule has 4 rings (SSSR count). The summed E-state index contributed by atoms with van der Waals surface area (Å²) < 4.78 is 10.8. The lowest BCUT2D eigenvalue weighted by Gasteiger charge is -2.55. The molecule has 0 radical (unpaired) electrons. The fourth-order valence-corrected chi connectivity index (χ4v) is 5.09. The zero-order valence-corrected chi connectivity index (χ0v) is 22.2. The molecular weight excluding hydrogens is 464 g/mol. The third-order valence-electron chi connectivity index (χ3n) is 7.11. The van der Waals surface area contributed by atoms with Crippen LogP contribution in [0, 0.1) is 11.3 Å². The Morgan fingerprint density at radius 2 is 1.54 bits per heavy atom. The maximum Gasteiger partial charge on any atom is 0.407 e. The van der Waals surface area contributed by atoms with Crippen molar-refractivity contribution in [3.8, 4) is 5.75 Å². The minimum Gasteiger partial charge on any atom is -0.497 e. The second kappa shape index (κ2) is 11.1. The van der Waals surface area contributed by atoms with Crippen molar-refractivity contribution in [2.24, 2.45) is 11.3 Å². The van der Waals surface area contributed by atoms with Gasteiger partial charge in [0, 0.05) is 0 Å². The Morgan fingerprint density at radius 3 is 2.11 bits per heavy atom. The molecule has 6 nitrogen and oxygen atoms in total. The normalized spacial score (nSPS) is 18.9. The number of hydrogen-bond donors (Lipinski definition) is 1. The predicted molar refractivity (Wildman–Crippen MR) is 144 cm³/mol. The Kier molecular flexibility index (Phi) is 7.86. The number of nitrogens with zero attached hydrogens (tertiary/aromatic N) is 1. The highest BCUT2D eigenvalue weighted by atomic mass is 16.5. The van der Waals surface area contributed by atoms with Gasteiger partial charge < -0.3 is 19.7 Å². The second-order valence-electron chi connectivity index (χ2n) is 10.6. The highest BCUT2D eigenvalue weighted by Gasteiger charge is 2.56. The van der Waals surface area contributed by atoms with Gasteiger partial charge in [0.05, 0.1) is 31.2 Å². The molecule has 1 heterocycles. The van der Waals surface area contributed by atoms with Gasteiger partial charge >= 0.3 is 6.09 Å². The van der Waals surface area contributed by atoms with Crippen molar-refractivity contribution in [1.29, 1.82) is 0 Å². The van der Waals surface area contributed by atoms with E-state index in [1.165, 1.54) is 0 Å². The zero-order chi connectivity index (χ0) is 26.6. The molecule has 0 saturated carbocycles. The predicted octanol–water partition coefficient (Wildman–Crippen LogP) is 6.30. The quantitative estimate of drug-likeness (QED) is 0.369. The molecule has 1 fully saturated rings. The number of methoxy groups -OCH3 is 1. The molecule has 0 unspecified atom stereocenters. The molecule has 37 heavy (non-hydrogen) atoms. The van der Waals surface area contributed by atoms with Crippen molar-refractivity contribution in [2.45, 2.75) is 52.4 Å². The number of ether oxygens (including phenoxy) is 2. The molecule has 0 spiro atoms. The van der Waals surface area contributed by atoms with E-state index in [-0.39, 0.29) is 30.0 Å². The molecule has 0 bridgehead atoms. The molecule has 1 saturated heterocycles. The van der Waals surface area contributed by atoms with Crippen LogP contribution in [0.25, 0.3) is 0 Å². The van der Waals surface area contributed by atoms with Crippen molar-refractivity contribution >= 4 is 12.0 Å². The molecular formula is C31H36N2O4. The van der Waals surface area contributed by atoms with Crippen LogP contribution in [0.5, 0.6) is 5.75 Å². The van der Waals surface area contributed by atoms with Crippen LogP contribution in [0.1, 0.15) is 56.5 Å². The SMILES string of the molecule is COc1ccc([C@H](C)N2C(=O)[C@H]([C@@H](NC(=O)OCc3ccccc3)C(C)(C)C)[C@H]2c2ccccc2)cc1. The number of carbonyl (C=O) groups is 2. The Hall–Kier alpha value is -3.80. The monoisotopic (exact) mass is 500 g/mol. The third kappa shape index (κ3) is 5.79. The molecule has 2 amide bonds. The van der Waals surface area contributed by atoms with Crippen LogP contribution in [-0.2, 0) is 16.1 Å². The molecule has 1 aliphatic rings. The van der Waals surface area contributed by atoms with E-state index in [4.69, 9.17) is 9.47 Å². The number of nitrogens with one attached hydrogen (secondary N) is 1.